The minimum Gasteiger partial charge on any atom is -0.466 e. The molecule has 1 N–H and O–H groups in total. The highest BCUT2D eigenvalue weighted by Gasteiger charge is 2.17. The first-order valence-corrected chi connectivity index (χ1v) is 8.70. The van der Waals surface area contributed by atoms with E-state index in [9.17, 15) is 19.2 Å². The standard InChI is InChI=1S/C19H26N2O5/c1-3-26-19(25)11-13-21(14-12-20-15(2)22)18(24)10-9-17(23)16-7-5-4-6-8-16/h4-8H,3,9-14H2,1-2H3,(H,20,22). The maximum absolute atomic E-state index is 12.4. The molecule has 0 saturated carbocycles. The van der Waals surface area contributed by atoms with Crippen molar-refractivity contribution in [3.8, 4) is 0 Å². The Morgan fingerprint density at radius 3 is 2.31 bits per heavy atom. The smallest absolute Gasteiger partial charge is 0.307 e. The van der Waals surface area contributed by atoms with E-state index < -0.39 is 0 Å². The highest BCUT2D eigenvalue weighted by Crippen LogP contribution is 2.07. The molecule has 26 heavy (non-hydrogen) atoms. The third-order valence-electron chi connectivity index (χ3n) is 3.66. The largest absolute Gasteiger partial charge is 0.466 e. The number of carbonyl (C=O) groups excluding carboxylic acids is 4. The van der Waals surface area contributed by atoms with Crippen LogP contribution in [0.25, 0.3) is 0 Å². The van der Waals surface area contributed by atoms with Crippen LogP contribution in [-0.2, 0) is 19.1 Å². The monoisotopic (exact) mass is 362 g/mol. The van der Waals surface area contributed by atoms with Crippen LogP contribution in [0.2, 0.25) is 0 Å². The van der Waals surface area contributed by atoms with E-state index in [2.05, 4.69) is 5.32 Å². The summed E-state index contributed by atoms with van der Waals surface area (Å²) in [5.41, 5.74) is 0.566. The van der Waals surface area contributed by atoms with Crippen LogP contribution >= 0.6 is 0 Å². The van der Waals surface area contributed by atoms with Gasteiger partial charge in [-0.3, -0.25) is 19.2 Å². The van der Waals surface area contributed by atoms with Gasteiger partial charge in [-0.2, -0.15) is 0 Å². The number of amides is 2. The van der Waals surface area contributed by atoms with Crippen LogP contribution in [0.1, 0.15) is 43.5 Å². The number of rotatable bonds is 11. The van der Waals surface area contributed by atoms with Crippen LogP contribution in [0, 0.1) is 0 Å². The molecule has 2 amide bonds. The molecule has 0 atom stereocenters. The summed E-state index contributed by atoms with van der Waals surface area (Å²) in [6.45, 7) is 4.14. The van der Waals surface area contributed by atoms with Crippen molar-refractivity contribution in [2.45, 2.75) is 33.1 Å². The van der Waals surface area contributed by atoms with E-state index >= 15 is 0 Å². The van der Waals surface area contributed by atoms with Gasteiger partial charge in [-0.1, -0.05) is 30.3 Å². The predicted octanol–water partition coefficient (Wildman–Crippen LogP) is 1.57. The van der Waals surface area contributed by atoms with Crippen LogP contribution < -0.4 is 5.32 Å². The highest BCUT2D eigenvalue weighted by molar-refractivity contribution is 5.97. The van der Waals surface area contributed by atoms with Crippen LogP contribution in [0.15, 0.2) is 30.3 Å². The fraction of sp³-hybridized carbons (Fsp3) is 0.474. The quantitative estimate of drug-likeness (QED) is 0.476. The van der Waals surface area contributed by atoms with Crippen molar-refractivity contribution in [2.75, 3.05) is 26.2 Å². The summed E-state index contributed by atoms with van der Waals surface area (Å²) >= 11 is 0. The molecule has 1 aromatic carbocycles. The minimum atomic E-state index is -0.384. The Morgan fingerprint density at radius 1 is 1.00 bits per heavy atom. The summed E-state index contributed by atoms with van der Waals surface area (Å²) in [4.78, 5) is 48.5. The van der Waals surface area contributed by atoms with Gasteiger partial charge in [0.1, 0.15) is 0 Å². The number of hydrogen-bond acceptors (Lipinski definition) is 5. The normalized spacial score (nSPS) is 10.1. The molecule has 0 fully saturated rings. The lowest BCUT2D eigenvalue weighted by atomic mass is 10.1. The maximum Gasteiger partial charge on any atom is 0.307 e. The van der Waals surface area contributed by atoms with Gasteiger partial charge < -0.3 is 15.0 Å². The zero-order valence-electron chi connectivity index (χ0n) is 15.3. The number of nitrogens with zero attached hydrogens (tertiary/aromatic N) is 1. The average molecular weight is 362 g/mol. The molecule has 1 aromatic rings. The van der Waals surface area contributed by atoms with Gasteiger partial charge in [-0.15, -0.1) is 0 Å². The van der Waals surface area contributed by atoms with Gasteiger partial charge in [-0.05, 0) is 6.92 Å². The molecule has 0 radical (unpaired) electrons. The maximum atomic E-state index is 12.4. The Bertz CT molecular complexity index is 616. The highest BCUT2D eigenvalue weighted by atomic mass is 16.5. The molecule has 7 nitrogen and oxygen atoms in total. The van der Waals surface area contributed by atoms with Crippen molar-refractivity contribution >= 4 is 23.6 Å². The van der Waals surface area contributed by atoms with Gasteiger partial charge in [0, 0.05) is 45.0 Å². The van der Waals surface area contributed by atoms with Gasteiger partial charge in [0.25, 0.3) is 0 Å². The molecule has 0 aliphatic heterocycles. The minimum absolute atomic E-state index is 0.0522. The fourth-order valence-electron chi connectivity index (χ4n) is 2.33. The number of hydrogen-bond donors (Lipinski definition) is 1. The molecule has 1 rings (SSSR count). The van der Waals surface area contributed by atoms with E-state index in [0.29, 0.717) is 5.56 Å². The van der Waals surface area contributed by atoms with E-state index in [-0.39, 0.29) is 69.1 Å². The topological polar surface area (TPSA) is 92.8 Å². The van der Waals surface area contributed by atoms with E-state index in [0.717, 1.165) is 0 Å². The van der Waals surface area contributed by atoms with Crippen LogP contribution in [-0.4, -0.2) is 54.7 Å². The van der Waals surface area contributed by atoms with Gasteiger partial charge in [-0.25, -0.2) is 0 Å². The third kappa shape index (κ3) is 8.41. The fourth-order valence-corrected chi connectivity index (χ4v) is 2.33. The second-order valence-corrected chi connectivity index (χ2v) is 5.71. The predicted molar refractivity (Wildman–Crippen MR) is 96.5 cm³/mol. The molecule has 0 bridgehead atoms. The molecular weight excluding hydrogens is 336 g/mol. The van der Waals surface area contributed by atoms with Crippen molar-refractivity contribution in [1.82, 2.24) is 10.2 Å². The third-order valence-corrected chi connectivity index (χ3v) is 3.66. The first-order chi connectivity index (χ1) is 12.4. The molecule has 0 saturated heterocycles. The second-order valence-electron chi connectivity index (χ2n) is 5.71. The molecule has 0 aromatic heterocycles. The SMILES string of the molecule is CCOC(=O)CCN(CCNC(C)=O)C(=O)CCC(=O)c1ccccc1. The summed E-state index contributed by atoms with van der Waals surface area (Å²) in [5.74, 6) is -0.915. The van der Waals surface area contributed by atoms with E-state index in [1.165, 1.54) is 11.8 Å². The Labute approximate surface area is 153 Å². The lowest BCUT2D eigenvalue weighted by Crippen LogP contribution is -2.39. The molecule has 0 spiro atoms. The number of ether oxygens (including phenoxy) is 1. The molecule has 0 unspecified atom stereocenters. The summed E-state index contributed by atoms with van der Waals surface area (Å²) in [5, 5.41) is 2.62. The Balaban J connectivity index is 2.56. The Morgan fingerprint density at radius 2 is 1.69 bits per heavy atom. The second kappa shape index (κ2) is 11.8. The van der Waals surface area contributed by atoms with Crippen molar-refractivity contribution in [3.63, 3.8) is 0 Å². The van der Waals surface area contributed by atoms with Crippen molar-refractivity contribution in [2.24, 2.45) is 0 Å². The van der Waals surface area contributed by atoms with E-state index in [1.807, 2.05) is 6.07 Å². The number of esters is 1. The summed E-state index contributed by atoms with van der Waals surface area (Å²) in [6.07, 6.45) is 0.224. The van der Waals surface area contributed by atoms with Crippen LogP contribution in [0.3, 0.4) is 0 Å². The van der Waals surface area contributed by atoms with E-state index in [4.69, 9.17) is 4.74 Å². The first-order valence-electron chi connectivity index (χ1n) is 8.70. The molecule has 0 aliphatic rings. The molecule has 142 valence electrons. The lowest BCUT2D eigenvalue weighted by molar-refractivity contribution is -0.144. The van der Waals surface area contributed by atoms with E-state index in [1.54, 1.807) is 31.2 Å². The van der Waals surface area contributed by atoms with Crippen LogP contribution in [0.4, 0.5) is 0 Å². The lowest BCUT2D eigenvalue weighted by Gasteiger charge is -2.22. The molecule has 0 heterocycles. The summed E-state index contributed by atoms with van der Waals surface area (Å²) in [6, 6.07) is 8.79. The first kappa shape index (κ1) is 21.3. The number of Topliss-reactive ketones (excluding diaryl/α,β-unsaturated/α-hetero) is 1. The van der Waals surface area contributed by atoms with Gasteiger partial charge in [0.15, 0.2) is 5.78 Å². The number of benzene rings is 1. The zero-order valence-corrected chi connectivity index (χ0v) is 15.3. The average Bonchev–Trinajstić information content (AvgIpc) is 2.62. The van der Waals surface area contributed by atoms with Crippen molar-refractivity contribution < 1.29 is 23.9 Å². The molecular formula is C19H26N2O5. The van der Waals surface area contributed by atoms with Crippen molar-refractivity contribution in [1.29, 1.82) is 0 Å². The Kier molecular flexibility index (Phi) is 9.67. The van der Waals surface area contributed by atoms with Gasteiger partial charge in [0.2, 0.25) is 11.8 Å². The molecule has 0 aliphatic carbocycles. The Hall–Kier alpha value is -2.70. The van der Waals surface area contributed by atoms with Crippen molar-refractivity contribution in [3.05, 3.63) is 35.9 Å². The van der Waals surface area contributed by atoms with Gasteiger partial charge in [0.05, 0.1) is 13.0 Å². The molecule has 7 heteroatoms. The van der Waals surface area contributed by atoms with Gasteiger partial charge >= 0.3 is 5.97 Å². The zero-order chi connectivity index (χ0) is 19.4. The number of ketones is 1. The number of carbonyl (C=O) groups is 4. The summed E-state index contributed by atoms with van der Waals surface area (Å²) < 4.78 is 4.87. The van der Waals surface area contributed by atoms with Crippen LogP contribution in [0.5, 0.6) is 0 Å². The number of nitrogens with one attached hydrogen (secondary N) is 1. The summed E-state index contributed by atoms with van der Waals surface area (Å²) in [7, 11) is 0.